The zero-order chi connectivity index (χ0) is 21.2. The van der Waals surface area contributed by atoms with E-state index in [0.717, 1.165) is 63.9 Å². The molecule has 1 aliphatic heterocycles. The Morgan fingerprint density at radius 1 is 1.23 bits per heavy atom. The van der Waals surface area contributed by atoms with Crippen LogP contribution >= 0.6 is 11.3 Å². The normalized spacial score (nSPS) is 16.2. The van der Waals surface area contributed by atoms with Gasteiger partial charge in [-0.3, -0.25) is 4.79 Å². The molecule has 1 atom stereocenters. The van der Waals surface area contributed by atoms with E-state index in [1.807, 2.05) is 47.5 Å². The van der Waals surface area contributed by atoms with E-state index in [-0.39, 0.29) is 11.9 Å². The molecule has 0 saturated carbocycles. The molecule has 0 radical (unpaired) electrons. The monoisotopic (exact) mass is 432 g/mol. The fraction of sp³-hybridized carbons (Fsp3) is 0.304. The number of hydrogen-bond donors (Lipinski definition) is 2. The van der Waals surface area contributed by atoms with Crippen LogP contribution < -0.4 is 5.32 Å². The highest BCUT2D eigenvalue weighted by molar-refractivity contribution is 7.15. The predicted molar refractivity (Wildman–Crippen MR) is 122 cm³/mol. The number of para-hydroxylation sites is 1. The third-order valence-corrected chi connectivity index (χ3v) is 6.69. The van der Waals surface area contributed by atoms with Crippen LogP contribution in [0.2, 0.25) is 0 Å². The van der Waals surface area contributed by atoms with Crippen LogP contribution in [-0.4, -0.2) is 37.5 Å². The van der Waals surface area contributed by atoms with Gasteiger partial charge in [0.2, 0.25) is 11.0 Å². The molecular weight excluding hydrogens is 408 g/mol. The molecule has 0 spiro atoms. The van der Waals surface area contributed by atoms with E-state index in [0.29, 0.717) is 6.42 Å². The van der Waals surface area contributed by atoms with Crippen LogP contribution in [0.25, 0.3) is 10.9 Å². The highest BCUT2D eigenvalue weighted by atomic mass is 32.1. The zero-order valence-corrected chi connectivity index (χ0v) is 18.2. The van der Waals surface area contributed by atoms with E-state index in [9.17, 15) is 4.79 Å². The maximum absolute atomic E-state index is 13.2. The molecular formula is C23H24N6OS. The van der Waals surface area contributed by atoms with Gasteiger partial charge in [0, 0.05) is 23.6 Å². The van der Waals surface area contributed by atoms with Gasteiger partial charge >= 0.3 is 0 Å². The van der Waals surface area contributed by atoms with Crippen molar-refractivity contribution >= 4 is 39.1 Å². The molecule has 2 N–H and O–H groups in total. The Morgan fingerprint density at radius 2 is 2.13 bits per heavy atom. The zero-order valence-electron chi connectivity index (χ0n) is 17.3. The van der Waals surface area contributed by atoms with Crippen LogP contribution in [-0.2, 0) is 17.6 Å². The van der Waals surface area contributed by atoms with Crippen molar-refractivity contribution in [1.29, 1.82) is 0 Å². The molecule has 0 aliphatic carbocycles. The smallest absolute Gasteiger partial charge is 0.227 e. The molecule has 1 fully saturated rings. The lowest BCUT2D eigenvalue weighted by Crippen LogP contribution is -2.32. The molecule has 0 bridgehead atoms. The molecule has 4 heterocycles. The molecule has 0 unspecified atom stereocenters. The summed E-state index contributed by atoms with van der Waals surface area (Å²) in [6.45, 7) is 2.83. The maximum atomic E-state index is 13.2. The van der Waals surface area contributed by atoms with E-state index in [2.05, 4.69) is 33.5 Å². The van der Waals surface area contributed by atoms with E-state index < -0.39 is 0 Å². The number of nitrogens with one attached hydrogen (secondary N) is 2. The Balaban J connectivity index is 1.33. The standard InChI is InChI=1S/C23H24N6OS/c1-2-21-27-28-23(31-21)26-20-11-5-9-18(25-20)19-10-6-12-29(19)22(30)13-15-14-24-17-8-4-3-7-16(15)17/h3-5,7-9,11,14,19,24H,2,6,10,12-13H2,1H3,(H,25,26,28)/t19-/m1/s1. The van der Waals surface area contributed by atoms with Crippen LogP contribution in [0, 0.1) is 0 Å². The number of likely N-dealkylation sites (tertiary alicyclic amines) is 1. The van der Waals surface area contributed by atoms with Crippen molar-refractivity contribution < 1.29 is 4.79 Å². The lowest BCUT2D eigenvalue weighted by Gasteiger charge is -2.24. The Kier molecular flexibility index (Phi) is 5.38. The minimum absolute atomic E-state index is 0.0000729. The number of rotatable bonds is 6. The van der Waals surface area contributed by atoms with Crippen molar-refractivity contribution in [1.82, 2.24) is 25.1 Å². The minimum Gasteiger partial charge on any atom is -0.361 e. The highest BCUT2D eigenvalue weighted by Crippen LogP contribution is 2.33. The fourth-order valence-corrected chi connectivity index (χ4v) is 4.86. The number of aromatic nitrogens is 4. The number of H-pyrrole nitrogens is 1. The summed E-state index contributed by atoms with van der Waals surface area (Å²) in [5.41, 5.74) is 3.01. The van der Waals surface area contributed by atoms with Crippen molar-refractivity contribution in [2.45, 2.75) is 38.6 Å². The molecule has 31 heavy (non-hydrogen) atoms. The summed E-state index contributed by atoms with van der Waals surface area (Å²) in [5, 5.41) is 14.4. The molecule has 7 nitrogen and oxygen atoms in total. The summed E-state index contributed by atoms with van der Waals surface area (Å²) in [7, 11) is 0. The summed E-state index contributed by atoms with van der Waals surface area (Å²) < 4.78 is 0. The Hall–Kier alpha value is -3.26. The topological polar surface area (TPSA) is 86.8 Å². The first-order valence-corrected chi connectivity index (χ1v) is 11.4. The average Bonchev–Trinajstić information content (AvgIpc) is 3.54. The van der Waals surface area contributed by atoms with Gasteiger partial charge in [-0.1, -0.05) is 42.5 Å². The lowest BCUT2D eigenvalue weighted by molar-refractivity contribution is -0.131. The van der Waals surface area contributed by atoms with Crippen molar-refractivity contribution in [2.75, 3.05) is 11.9 Å². The van der Waals surface area contributed by atoms with Gasteiger partial charge in [-0.2, -0.15) is 0 Å². The number of aryl methyl sites for hydroxylation is 1. The molecule has 8 heteroatoms. The first-order valence-electron chi connectivity index (χ1n) is 10.6. The van der Waals surface area contributed by atoms with Crippen LogP contribution in [0.5, 0.6) is 0 Å². The summed E-state index contributed by atoms with van der Waals surface area (Å²) in [6, 6.07) is 14.0. The van der Waals surface area contributed by atoms with Crippen molar-refractivity contribution in [3.63, 3.8) is 0 Å². The van der Waals surface area contributed by atoms with Gasteiger partial charge in [0.05, 0.1) is 18.2 Å². The van der Waals surface area contributed by atoms with E-state index in [4.69, 9.17) is 4.98 Å². The third-order valence-electron chi connectivity index (χ3n) is 5.71. The molecule has 1 saturated heterocycles. The Labute approximate surface area is 184 Å². The van der Waals surface area contributed by atoms with Gasteiger partial charge in [0.15, 0.2) is 0 Å². The predicted octanol–water partition coefficient (Wildman–Crippen LogP) is 4.63. The summed E-state index contributed by atoms with van der Waals surface area (Å²) in [4.78, 5) is 23.2. The van der Waals surface area contributed by atoms with Gasteiger partial charge in [-0.15, -0.1) is 10.2 Å². The minimum atomic E-state index is 0.0000729. The van der Waals surface area contributed by atoms with Crippen LogP contribution in [0.3, 0.4) is 0 Å². The van der Waals surface area contributed by atoms with Gasteiger partial charge in [-0.05, 0) is 43.0 Å². The summed E-state index contributed by atoms with van der Waals surface area (Å²) in [5.74, 6) is 0.872. The number of aromatic amines is 1. The fourth-order valence-electron chi connectivity index (χ4n) is 4.18. The molecule has 4 aromatic rings. The SMILES string of the molecule is CCc1nnc(Nc2cccc([C@H]3CCCN3C(=O)Cc3c[nH]c4ccccc34)n2)s1. The average molecular weight is 433 g/mol. The number of nitrogens with zero attached hydrogens (tertiary/aromatic N) is 4. The van der Waals surface area contributed by atoms with Crippen molar-refractivity contribution in [2.24, 2.45) is 0 Å². The Bertz CT molecular complexity index is 1220. The summed E-state index contributed by atoms with van der Waals surface area (Å²) in [6.07, 6.45) is 5.11. The number of amides is 1. The second-order valence-corrected chi connectivity index (χ2v) is 8.77. The van der Waals surface area contributed by atoms with Crippen molar-refractivity contribution in [3.8, 4) is 0 Å². The number of fused-ring (bicyclic) bond motifs is 1. The number of carbonyl (C=O) groups excluding carboxylic acids is 1. The third kappa shape index (κ3) is 4.03. The summed E-state index contributed by atoms with van der Waals surface area (Å²) >= 11 is 1.53. The number of hydrogen-bond acceptors (Lipinski definition) is 6. The Morgan fingerprint density at radius 3 is 3.00 bits per heavy atom. The number of benzene rings is 1. The number of carbonyl (C=O) groups is 1. The first kappa shape index (κ1) is 19.7. The van der Waals surface area contributed by atoms with Gasteiger partial charge in [0.25, 0.3) is 0 Å². The van der Waals surface area contributed by atoms with Crippen molar-refractivity contribution in [3.05, 3.63) is 64.9 Å². The highest BCUT2D eigenvalue weighted by Gasteiger charge is 2.31. The van der Waals surface area contributed by atoms with Crippen LogP contribution in [0.4, 0.5) is 10.9 Å². The van der Waals surface area contributed by atoms with Crippen LogP contribution in [0.15, 0.2) is 48.7 Å². The van der Waals surface area contributed by atoms with Crippen LogP contribution in [0.1, 0.15) is 42.1 Å². The molecule has 3 aromatic heterocycles. The van der Waals surface area contributed by atoms with E-state index in [1.54, 1.807) is 0 Å². The van der Waals surface area contributed by atoms with Gasteiger partial charge in [0.1, 0.15) is 10.8 Å². The second-order valence-electron chi connectivity index (χ2n) is 7.71. The number of anilines is 2. The largest absolute Gasteiger partial charge is 0.361 e. The van der Waals surface area contributed by atoms with Gasteiger partial charge < -0.3 is 15.2 Å². The second kappa shape index (κ2) is 8.47. The van der Waals surface area contributed by atoms with Gasteiger partial charge in [-0.25, -0.2) is 4.98 Å². The quantitative estimate of drug-likeness (QED) is 0.464. The lowest BCUT2D eigenvalue weighted by atomic mass is 10.1. The molecule has 1 amide bonds. The molecule has 1 aliphatic rings. The molecule has 158 valence electrons. The van der Waals surface area contributed by atoms with E-state index >= 15 is 0 Å². The maximum Gasteiger partial charge on any atom is 0.227 e. The number of pyridine rings is 1. The molecule has 5 rings (SSSR count). The van der Waals surface area contributed by atoms with E-state index in [1.165, 1.54) is 11.3 Å². The first-order chi connectivity index (χ1) is 15.2. The molecule has 1 aromatic carbocycles.